The number of hydrogen-bond acceptors (Lipinski definition) is 7. The summed E-state index contributed by atoms with van der Waals surface area (Å²) in [7, 11) is 1.61. The second kappa shape index (κ2) is 10.8. The number of methoxy groups -OCH3 is 1. The van der Waals surface area contributed by atoms with Crippen molar-refractivity contribution in [3.05, 3.63) is 106 Å². The lowest BCUT2D eigenvalue weighted by molar-refractivity contribution is 0.161. The van der Waals surface area contributed by atoms with E-state index in [2.05, 4.69) is 63.5 Å². The topological polar surface area (TPSA) is 102 Å². The van der Waals surface area contributed by atoms with Crippen LogP contribution in [-0.2, 0) is 19.6 Å². The average molecular weight is 499 g/mol. The molecule has 0 saturated heterocycles. The van der Waals surface area contributed by atoms with Gasteiger partial charge in [0.2, 0.25) is 0 Å². The molecule has 1 N–H and O–H groups in total. The standard InChI is InChI=1S/C28H30N6O3/c1-4-26(27-30-31-32-34(27)18-24-6-5-13-37-24)33(16-20-9-7-19(2)8-10-20)17-22-14-21-11-12-23(36-3)15-25(21)29-28(22)35/h5-15,26H,4,16-18H2,1-3H3,(H,29,35). The molecule has 0 aliphatic heterocycles. The number of pyridine rings is 1. The first kappa shape index (κ1) is 24.5. The van der Waals surface area contributed by atoms with Gasteiger partial charge in [-0.05, 0) is 65.1 Å². The van der Waals surface area contributed by atoms with Crippen molar-refractivity contribution in [2.75, 3.05) is 7.11 Å². The molecular formula is C28H30N6O3. The van der Waals surface area contributed by atoms with Crippen molar-refractivity contribution in [1.82, 2.24) is 30.1 Å². The van der Waals surface area contributed by atoms with E-state index in [-0.39, 0.29) is 11.6 Å². The predicted molar refractivity (Wildman–Crippen MR) is 140 cm³/mol. The van der Waals surface area contributed by atoms with Crippen LogP contribution in [0, 0.1) is 6.92 Å². The Bertz CT molecular complexity index is 1520. The Hall–Kier alpha value is -4.24. The van der Waals surface area contributed by atoms with Gasteiger partial charge in [0.05, 0.1) is 24.9 Å². The molecule has 0 aliphatic rings. The molecule has 37 heavy (non-hydrogen) atoms. The van der Waals surface area contributed by atoms with Gasteiger partial charge in [0.15, 0.2) is 5.82 Å². The molecule has 3 aromatic heterocycles. The summed E-state index contributed by atoms with van der Waals surface area (Å²) in [6.07, 6.45) is 2.40. The molecule has 0 fully saturated rings. The van der Waals surface area contributed by atoms with Gasteiger partial charge < -0.3 is 14.1 Å². The van der Waals surface area contributed by atoms with Gasteiger partial charge in [0.25, 0.3) is 5.56 Å². The van der Waals surface area contributed by atoms with Crippen molar-refractivity contribution >= 4 is 10.9 Å². The fraction of sp³-hybridized carbons (Fsp3) is 0.286. The highest BCUT2D eigenvalue weighted by Gasteiger charge is 2.26. The molecule has 5 rings (SSSR count). The van der Waals surface area contributed by atoms with Crippen molar-refractivity contribution in [3.63, 3.8) is 0 Å². The number of benzene rings is 2. The molecule has 3 heterocycles. The van der Waals surface area contributed by atoms with Gasteiger partial charge in [-0.3, -0.25) is 9.69 Å². The van der Waals surface area contributed by atoms with Crippen molar-refractivity contribution in [2.45, 2.75) is 45.9 Å². The molecule has 9 heteroatoms. The fourth-order valence-corrected chi connectivity index (χ4v) is 4.61. The summed E-state index contributed by atoms with van der Waals surface area (Å²) < 4.78 is 12.6. The SMILES string of the molecule is CCC(c1nnnn1Cc1ccco1)N(Cc1ccc(C)cc1)Cc1cc2ccc(OC)cc2[nH]c1=O. The van der Waals surface area contributed by atoms with E-state index < -0.39 is 0 Å². The minimum absolute atomic E-state index is 0.125. The summed E-state index contributed by atoms with van der Waals surface area (Å²) in [5.74, 6) is 2.20. The Labute approximate surface area is 214 Å². The molecule has 5 aromatic rings. The fourth-order valence-electron chi connectivity index (χ4n) is 4.61. The number of rotatable bonds is 10. The van der Waals surface area contributed by atoms with E-state index in [0.717, 1.165) is 34.5 Å². The van der Waals surface area contributed by atoms with Crippen molar-refractivity contribution in [1.29, 1.82) is 0 Å². The second-order valence-electron chi connectivity index (χ2n) is 9.17. The van der Waals surface area contributed by atoms with Crippen molar-refractivity contribution in [2.24, 2.45) is 0 Å². The van der Waals surface area contributed by atoms with Gasteiger partial charge in [-0.2, -0.15) is 0 Å². The molecule has 190 valence electrons. The largest absolute Gasteiger partial charge is 0.497 e. The van der Waals surface area contributed by atoms with E-state index in [1.54, 1.807) is 18.1 Å². The van der Waals surface area contributed by atoms with Gasteiger partial charge in [0, 0.05) is 24.7 Å². The molecule has 0 saturated carbocycles. The van der Waals surface area contributed by atoms with E-state index >= 15 is 0 Å². The second-order valence-corrected chi connectivity index (χ2v) is 9.17. The summed E-state index contributed by atoms with van der Waals surface area (Å²) >= 11 is 0. The lowest BCUT2D eigenvalue weighted by Crippen LogP contribution is -2.32. The maximum Gasteiger partial charge on any atom is 0.252 e. The van der Waals surface area contributed by atoms with Gasteiger partial charge in [0.1, 0.15) is 18.1 Å². The lowest BCUT2D eigenvalue weighted by Gasteiger charge is -2.30. The van der Waals surface area contributed by atoms with Gasteiger partial charge >= 0.3 is 0 Å². The number of H-pyrrole nitrogens is 1. The molecule has 2 aromatic carbocycles. The average Bonchev–Trinajstić information content (AvgIpc) is 3.59. The van der Waals surface area contributed by atoms with E-state index in [0.29, 0.717) is 30.9 Å². The van der Waals surface area contributed by atoms with Crippen molar-refractivity contribution in [3.8, 4) is 5.75 Å². The van der Waals surface area contributed by atoms with Crippen LogP contribution >= 0.6 is 0 Å². The zero-order valence-electron chi connectivity index (χ0n) is 21.2. The third-order valence-electron chi connectivity index (χ3n) is 6.58. The summed E-state index contributed by atoms with van der Waals surface area (Å²) in [4.78, 5) is 18.4. The first-order chi connectivity index (χ1) is 18.0. The molecule has 1 unspecified atom stereocenters. The number of fused-ring (bicyclic) bond motifs is 1. The third-order valence-corrected chi connectivity index (χ3v) is 6.58. The number of hydrogen-bond donors (Lipinski definition) is 1. The first-order valence-corrected chi connectivity index (χ1v) is 12.3. The van der Waals surface area contributed by atoms with Crippen LogP contribution in [0.2, 0.25) is 0 Å². The first-order valence-electron chi connectivity index (χ1n) is 12.3. The smallest absolute Gasteiger partial charge is 0.252 e. The molecule has 0 bridgehead atoms. The number of nitrogens with one attached hydrogen (secondary N) is 1. The molecule has 0 radical (unpaired) electrons. The summed E-state index contributed by atoms with van der Waals surface area (Å²) in [5, 5.41) is 13.5. The molecule has 1 atom stereocenters. The van der Waals surface area contributed by atoms with Crippen LogP contribution in [0.25, 0.3) is 10.9 Å². The van der Waals surface area contributed by atoms with E-state index in [1.807, 2.05) is 36.4 Å². The summed E-state index contributed by atoms with van der Waals surface area (Å²) in [6, 6.07) is 19.7. The van der Waals surface area contributed by atoms with Gasteiger partial charge in [-0.25, -0.2) is 4.68 Å². The monoisotopic (exact) mass is 498 g/mol. The van der Waals surface area contributed by atoms with Crippen LogP contribution < -0.4 is 10.3 Å². The number of aromatic nitrogens is 5. The highest BCUT2D eigenvalue weighted by Crippen LogP contribution is 2.27. The Balaban J connectivity index is 1.51. The predicted octanol–water partition coefficient (Wildman–Crippen LogP) is 4.63. The van der Waals surface area contributed by atoms with E-state index in [4.69, 9.17) is 9.15 Å². The number of aryl methyl sites for hydroxylation is 1. The lowest BCUT2D eigenvalue weighted by atomic mass is 10.1. The molecule has 0 aliphatic carbocycles. The zero-order chi connectivity index (χ0) is 25.8. The van der Waals surface area contributed by atoms with Crippen LogP contribution in [0.5, 0.6) is 5.75 Å². The van der Waals surface area contributed by atoms with Crippen LogP contribution in [0.4, 0.5) is 0 Å². The third kappa shape index (κ3) is 5.46. The van der Waals surface area contributed by atoms with Crippen LogP contribution in [0.15, 0.2) is 76.1 Å². The maximum atomic E-state index is 13.2. The maximum absolute atomic E-state index is 13.2. The van der Waals surface area contributed by atoms with Crippen LogP contribution in [0.1, 0.15) is 47.7 Å². The van der Waals surface area contributed by atoms with E-state index in [9.17, 15) is 4.79 Å². The number of tetrazole rings is 1. The molecule has 9 nitrogen and oxygen atoms in total. The zero-order valence-corrected chi connectivity index (χ0v) is 21.2. The normalized spacial score (nSPS) is 12.3. The Kier molecular flexibility index (Phi) is 7.14. The number of aromatic amines is 1. The number of nitrogens with zero attached hydrogens (tertiary/aromatic N) is 5. The molecular weight excluding hydrogens is 468 g/mol. The highest BCUT2D eigenvalue weighted by molar-refractivity contribution is 5.80. The Morgan fingerprint density at radius 3 is 2.68 bits per heavy atom. The summed E-state index contributed by atoms with van der Waals surface area (Å²) in [6.45, 7) is 5.67. The minimum Gasteiger partial charge on any atom is -0.497 e. The van der Waals surface area contributed by atoms with Crippen LogP contribution in [-0.4, -0.2) is 37.2 Å². The summed E-state index contributed by atoms with van der Waals surface area (Å²) in [5.41, 5.74) is 3.64. The minimum atomic E-state index is -0.128. The quantitative estimate of drug-likeness (QED) is 0.300. The van der Waals surface area contributed by atoms with E-state index in [1.165, 1.54) is 5.56 Å². The van der Waals surface area contributed by atoms with Gasteiger partial charge in [-0.1, -0.05) is 36.8 Å². The highest BCUT2D eigenvalue weighted by atomic mass is 16.5. The molecule has 0 spiro atoms. The number of furan rings is 1. The van der Waals surface area contributed by atoms with Gasteiger partial charge in [-0.15, -0.1) is 5.10 Å². The van der Waals surface area contributed by atoms with Crippen LogP contribution in [0.3, 0.4) is 0 Å². The number of ether oxygens (including phenoxy) is 1. The Morgan fingerprint density at radius 1 is 1.11 bits per heavy atom. The van der Waals surface area contributed by atoms with Crippen molar-refractivity contribution < 1.29 is 9.15 Å². The Morgan fingerprint density at radius 2 is 1.95 bits per heavy atom. The molecule has 0 amide bonds.